The largest absolute Gasteiger partial charge is 0.449 e. The molecule has 9 nitrogen and oxygen atoms in total. The molecule has 43 heavy (non-hydrogen) atoms. The second kappa shape index (κ2) is 12.8. The first kappa shape index (κ1) is 31.2. The molecule has 0 saturated heterocycles. The Kier molecular flexibility index (Phi) is 9.24. The Labute approximate surface area is 257 Å². The Morgan fingerprint density at radius 3 is 2.42 bits per heavy atom. The van der Waals surface area contributed by atoms with Crippen molar-refractivity contribution in [2.24, 2.45) is 5.92 Å². The number of unbranched alkanes of at least 4 members (excludes halogenated alkanes) is 1. The maximum Gasteiger partial charge on any atom is 0.421 e. The zero-order chi connectivity index (χ0) is 30.8. The molecule has 1 fully saturated rings. The number of nitrogens with one attached hydrogen (secondary N) is 1. The normalized spacial score (nSPS) is 14.7. The number of nitrogens with zero attached hydrogens (tertiary/aromatic N) is 2. The molecule has 2 aromatic heterocycles. The summed E-state index contributed by atoms with van der Waals surface area (Å²) in [6.45, 7) is 4.33. The maximum absolute atomic E-state index is 13.9. The van der Waals surface area contributed by atoms with Crippen LogP contribution in [0.25, 0.3) is 22.2 Å². The van der Waals surface area contributed by atoms with Gasteiger partial charge in [-0.25, -0.2) is 30.3 Å². The lowest BCUT2D eigenvalue weighted by Crippen LogP contribution is -2.31. The number of fused-ring (bicyclic) bond motifs is 1. The fraction of sp³-hybridized carbons (Fsp3) is 0.387. The molecule has 1 amide bonds. The van der Waals surface area contributed by atoms with Crippen molar-refractivity contribution in [3.63, 3.8) is 0 Å². The minimum atomic E-state index is -4.29. The van der Waals surface area contributed by atoms with Crippen LogP contribution in [0, 0.1) is 12.8 Å². The van der Waals surface area contributed by atoms with Crippen molar-refractivity contribution in [1.82, 2.24) is 13.3 Å². The monoisotopic (exact) mass is 645 g/mol. The van der Waals surface area contributed by atoms with Crippen LogP contribution in [-0.2, 0) is 31.3 Å². The number of halogens is 1. The van der Waals surface area contributed by atoms with Crippen molar-refractivity contribution in [2.45, 2.75) is 75.1 Å². The molecular weight excluding hydrogens is 610 g/mol. The zero-order valence-electron chi connectivity index (χ0n) is 24.3. The summed E-state index contributed by atoms with van der Waals surface area (Å²) in [5, 5.41) is 0.736. The van der Waals surface area contributed by atoms with Crippen LogP contribution in [0.1, 0.15) is 57.6 Å². The number of amides is 1. The molecule has 230 valence electrons. The summed E-state index contributed by atoms with van der Waals surface area (Å²) < 4.78 is 65.0. The molecule has 0 radical (unpaired) electrons. The molecule has 12 heteroatoms. The van der Waals surface area contributed by atoms with Crippen LogP contribution in [0.5, 0.6) is 0 Å². The van der Waals surface area contributed by atoms with E-state index in [0.29, 0.717) is 46.7 Å². The molecular formula is C31H36ClN3O6S2. The van der Waals surface area contributed by atoms with Gasteiger partial charge in [-0.3, -0.25) is 0 Å². The number of carbonyl (C=O) groups is 1. The van der Waals surface area contributed by atoms with E-state index < -0.39 is 26.1 Å². The maximum atomic E-state index is 13.9. The van der Waals surface area contributed by atoms with Crippen molar-refractivity contribution >= 4 is 48.6 Å². The molecule has 0 unspecified atom stereocenters. The number of sulfonamides is 1. The minimum Gasteiger partial charge on any atom is -0.449 e. The summed E-state index contributed by atoms with van der Waals surface area (Å²) in [6, 6.07) is 14.9. The zero-order valence-corrected chi connectivity index (χ0v) is 26.6. The van der Waals surface area contributed by atoms with Gasteiger partial charge in [0.1, 0.15) is 9.79 Å². The van der Waals surface area contributed by atoms with Gasteiger partial charge in [0.25, 0.3) is 20.0 Å². The van der Waals surface area contributed by atoms with Crippen LogP contribution < -0.4 is 4.72 Å². The van der Waals surface area contributed by atoms with E-state index in [1.807, 2.05) is 28.3 Å². The molecule has 1 saturated carbocycles. The second-order valence-electron chi connectivity index (χ2n) is 11.0. The van der Waals surface area contributed by atoms with Gasteiger partial charge in [-0.05, 0) is 56.4 Å². The SMILES string of the molecule is CCCCOC(=O)NS(=O)(=O)c1cc(-c2cn(S(=O)(=O)c3ccccc3Cl)c3ccccc23)n(CC2CCCCC2)c1C. The molecule has 1 N–H and O–H groups in total. The average Bonchev–Trinajstić information content (AvgIpc) is 3.52. The fourth-order valence-corrected chi connectivity index (χ4v) is 8.82. The number of rotatable bonds is 10. The lowest BCUT2D eigenvalue weighted by molar-refractivity contribution is 0.151. The van der Waals surface area contributed by atoms with Crippen LogP contribution in [0.2, 0.25) is 5.02 Å². The molecule has 0 aliphatic heterocycles. The Morgan fingerprint density at radius 2 is 1.70 bits per heavy atom. The van der Waals surface area contributed by atoms with Gasteiger partial charge in [0, 0.05) is 29.4 Å². The van der Waals surface area contributed by atoms with Crippen LogP contribution in [0.4, 0.5) is 4.79 Å². The van der Waals surface area contributed by atoms with Crippen molar-refractivity contribution in [3.8, 4) is 11.3 Å². The smallest absolute Gasteiger partial charge is 0.421 e. The van der Waals surface area contributed by atoms with E-state index in [1.54, 1.807) is 31.2 Å². The van der Waals surface area contributed by atoms with E-state index in [2.05, 4.69) is 0 Å². The number of carbonyl (C=O) groups excluding carboxylic acids is 1. The highest BCUT2D eigenvalue weighted by molar-refractivity contribution is 7.90. The molecule has 1 aliphatic rings. The van der Waals surface area contributed by atoms with Crippen LogP contribution in [-0.4, -0.2) is 38.1 Å². The molecule has 0 atom stereocenters. The molecule has 2 aromatic carbocycles. The number of aromatic nitrogens is 2. The highest BCUT2D eigenvalue weighted by Gasteiger charge is 2.30. The van der Waals surface area contributed by atoms with Crippen LogP contribution >= 0.6 is 11.6 Å². The van der Waals surface area contributed by atoms with Gasteiger partial charge in [-0.15, -0.1) is 0 Å². The number of para-hydroxylation sites is 1. The summed E-state index contributed by atoms with van der Waals surface area (Å²) in [5.74, 6) is 0.335. The predicted octanol–water partition coefficient (Wildman–Crippen LogP) is 7.10. The van der Waals surface area contributed by atoms with E-state index in [0.717, 1.165) is 32.1 Å². The third-order valence-electron chi connectivity index (χ3n) is 8.05. The Hall–Kier alpha value is -3.28. The standard InChI is InChI=1S/C31H36ClN3O6S2/c1-3-4-18-41-31(36)33-42(37,38)30-19-28(34(22(30)2)20-23-12-6-5-7-13-23)25-21-35(27-16-10-8-14-24(25)27)43(39,40)29-17-11-9-15-26(29)32/h8-11,14-17,19,21,23H,3-7,12-13,18,20H2,1-2H3,(H,33,36). The fourth-order valence-electron chi connectivity index (χ4n) is 5.79. The van der Waals surface area contributed by atoms with Gasteiger partial charge in [0.2, 0.25) is 0 Å². The van der Waals surface area contributed by atoms with E-state index in [9.17, 15) is 21.6 Å². The van der Waals surface area contributed by atoms with Gasteiger partial charge >= 0.3 is 6.09 Å². The Balaban J connectivity index is 1.66. The molecule has 4 aromatic rings. The highest BCUT2D eigenvalue weighted by atomic mass is 35.5. The predicted molar refractivity (Wildman–Crippen MR) is 167 cm³/mol. The molecule has 2 heterocycles. The summed E-state index contributed by atoms with van der Waals surface area (Å²) in [5.41, 5.74) is 1.99. The Morgan fingerprint density at radius 1 is 1.00 bits per heavy atom. The van der Waals surface area contributed by atoms with Crippen molar-refractivity contribution in [3.05, 3.63) is 71.5 Å². The van der Waals surface area contributed by atoms with Gasteiger partial charge in [-0.2, -0.15) is 0 Å². The van der Waals surface area contributed by atoms with Crippen LogP contribution in [0.15, 0.2) is 70.6 Å². The summed E-state index contributed by atoms with van der Waals surface area (Å²) >= 11 is 6.32. The number of ether oxygens (including phenoxy) is 1. The minimum absolute atomic E-state index is 0.0354. The third kappa shape index (κ3) is 6.34. The van der Waals surface area contributed by atoms with Crippen molar-refractivity contribution < 1.29 is 26.4 Å². The number of hydrogen-bond donors (Lipinski definition) is 1. The molecule has 5 rings (SSSR count). The van der Waals surface area contributed by atoms with Crippen molar-refractivity contribution in [2.75, 3.05) is 6.61 Å². The molecule has 0 spiro atoms. The van der Waals surface area contributed by atoms with Gasteiger partial charge < -0.3 is 9.30 Å². The van der Waals surface area contributed by atoms with Gasteiger partial charge in [-0.1, -0.05) is 74.5 Å². The average molecular weight is 646 g/mol. The lowest BCUT2D eigenvalue weighted by Gasteiger charge is -2.24. The van der Waals surface area contributed by atoms with Crippen molar-refractivity contribution in [1.29, 1.82) is 0 Å². The second-order valence-corrected chi connectivity index (χ2v) is 14.8. The van der Waals surface area contributed by atoms with Crippen LogP contribution in [0.3, 0.4) is 0 Å². The van der Waals surface area contributed by atoms with E-state index >= 15 is 0 Å². The third-order valence-corrected chi connectivity index (χ3v) is 11.7. The van der Waals surface area contributed by atoms with E-state index in [1.165, 1.54) is 34.8 Å². The summed E-state index contributed by atoms with van der Waals surface area (Å²) in [7, 11) is -8.39. The topological polar surface area (TPSA) is 116 Å². The number of benzene rings is 2. The summed E-state index contributed by atoms with van der Waals surface area (Å²) in [4.78, 5) is 12.3. The highest BCUT2D eigenvalue weighted by Crippen LogP contribution is 2.38. The van der Waals surface area contributed by atoms with E-state index in [4.69, 9.17) is 16.3 Å². The Bertz CT molecular complexity index is 1860. The number of hydrogen-bond acceptors (Lipinski definition) is 6. The summed E-state index contributed by atoms with van der Waals surface area (Å²) in [6.07, 6.45) is 7.33. The first-order chi connectivity index (χ1) is 20.5. The first-order valence-electron chi connectivity index (χ1n) is 14.5. The molecule has 0 bridgehead atoms. The van der Waals surface area contributed by atoms with Gasteiger partial charge in [0.15, 0.2) is 0 Å². The first-order valence-corrected chi connectivity index (χ1v) is 17.8. The lowest BCUT2D eigenvalue weighted by atomic mass is 9.89. The molecule has 1 aliphatic carbocycles. The van der Waals surface area contributed by atoms with E-state index in [-0.39, 0.29) is 21.4 Å². The quantitative estimate of drug-likeness (QED) is 0.184. The van der Waals surface area contributed by atoms with Gasteiger partial charge in [0.05, 0.1) is 22.8 Å².